The summed E-state index contributed by atoms with van der Waals surface area (Å²) >= 11 is 0. The summed E-state index contributed by atoms with van der Waals surface area (Å²) in [6.07, 6.45) is 4.82. The molecule has 2 heterocycles. The van der Waals surface area contributed by atoms with Crippen molar-refractivity contribution in [3.05, 3.63) is 17.5 Å². The summed E-state index contributed by atoms with van der Waals surface area (Å²) in [5.41, 5.74) is 2.24. The number of aromatic nitrogens is 2. The number of aromatic amines is 1. The average molecular weight is 312 g/mol. The SMILES string of the molecule is O=C(NCCN1CCCS1(=O)=O)C1CCc2[nH]ncc2C1. The van der Waals surface area contributed by atoms with Crippen molar-refractivity contribution in [2.75, 3.05) is 25.4 Å². The van der Waals surface area contributed by atoms with Gasteiger partial charge in [-0.3, -0.25) is 9.89 Å². The highest BCUT2D eigenvalue weighted by atomic mass is 32.2. The van der Waals surface area contributed by atoms with E-state index in [4.69, 9.17) is 0 Å². The minimum atomic E-state index is -3.07. The van der Waals surface area contributed by atoms with E-state index in [9.17, 15) is 13.2 Å². The number of carbonyl (C=O) groups is 1. The van der Waals surface area contributed by atoms with Crippen molar-refractivity contribution in [3.63, 3.8) is 0 Å². The van der Waals surface area contributed by atoms with Crippen molar-refractivity contribution in [1.82, 2.24) is 19.8 Å². The third-order valence-corrected chi connectivity index (χ3v) is 6.21. The van der Waals surface area contributed by atoms with E-state index in [0.717, 1.165) is 24.1 Å². The minimum Gasteiger partial charge on any atom is -0.355 e. The van der Waals surface area contributed by atoms with Crippen LogP contribution in [0.15, 0.2) is 6.20 Å². The van der Waals surface area contributed by atoms with Crippen molar-refractivity contribution >= 4 is 15.9 Å². The molecule has 1 aromatic rings. The van der Waals surface area contributed by atoms with Gasteiger partial charge in [0.1, 0.15) is 0 Å². The Morgan fingerprint density at radius 3 is 3.14 bits per heavy atom. The quantitative estimate of drug-likeness (QED) is 0.795. The zero-order valence-corrected chi connectivity index (χ0v) is 12.7. The van der Waals surface area contributed by atoms with Crippen molar-refractivity contribution in [1.29, 1.82) is 0 Å². The fraction of sp³-hybridized carbons (Fsp3) is 0.692. The van der Waals surface area contributed by atoms with E-state index in [0.29, 0.717) is 32.5 Å². The van der Waals surface area contributed by atoms with E-state index in [1.807, 2.05) is 0 Å². The molecule has 7 nitrogen and oxygen atoms in total. The highest BCUT2D eigenvalue weighted by molar-refractivity contribution is 7.89. The molecule has 8 heteroatoms. The monoisotopic (exact) mass is 312 g/mol. The first-order chi connectivity index (χ1) is 10.1. The van der Waals surface area contributed by atoms with E-state index < -0.39 is 10.0 Å². The summed E-state index contributed by atoms with van der Waals surface area (Å²) in [4.78, 5) is 12.2. The van der Waals surface area contributed by atoms with Gasteiger partial charge in [-0.05, 0) is 31.2 Å². The van der Waals surface area contributed by atoms with Crippen molar-refractivity contribution in [2.45, 2.75) is 25.7 Å². The van der Waals surface area contributed by atoms with Crippen LogP contribution in [0.3, 0.4) is 0 Å². The van der Waals surface area contributed by atoms with E-state index in [1.165, 1.54) is 4.31 Å². The number of hydrogen-bond acceptors (Lipinski definition) is 4. The van der Waals surface area contributed by atoms with Gasteiger partial charge in [0.05, 0.1) is 11.9 Å². The van der Waals surface area contributed by atoms with Gasteiger partial charge in [0.25, 0.3) is 0 Å². The van der Waals surface area contributed by atoms with Gasteiger partial charge in [0, 0.05) is 31.2 Å². The molecule has 2 N–H and O–H groups in total. The van der Waals surface area contributed by atoms with Crippen LogP contribution in [-0.2, 0) is 27.7 Å². The predicted octanol–water partition coefficient (Wildman–Crippen LogP) is -0.334. The molecule has 0 aromatic carbocycles. The lowest BCUT2D eigenvalue weighted by Gasteiger charge is -2.21. The molecule has 1 saturated heterocycles. The Morgan fingerprint density at radius 1 is 1.52 bits per heavy atom. The number of carbonyl (C=O) groups excluding carboxylic acids is 1. The van der Waals surface area contributed by atoms with Gasteiger partial charge in [-0.1, -0.05) is 0 Å². The maximum Gasteiger partial charge on any atom is 0.223 e. The maximum absolute atomic E-state index is 12.2. The van der Waals surface area contributed by atoms with E-state index in [2.05, 4.69) is 15.5 Å². The first-order valence-corrected chi connectivity index (χ1v) is 8.94. The number of sulfonamides is 1. The van der Waals surface area contributed by atoms with Gasteiger partial charge >= 0.3 is 0 Å². The fourth-order valence-electron chi connectivity index (χ4n) is 3.03. The second-order valence-corrected chi connectivity index (χ2v) is 7.76. The molecule has 1 fully saturated rings. The lowest BCUT2D eigenvalue weighted by Crippen LogP contribution is -2.39. The number of amides is 1. The molecular weight excluding hydrogens is 292 g/mol. The Kier molecular flexibility index (Phi) is 3.99. The third kappa shape index (κ3) is 3.11. The summed E-state index contributed by atoms with van der Waals surface area (Å²) in [6.45, 7) is 1.32. The molecule has 2 aliphatic rings. The molecule has 0 saturated carbocycles. The lowest BCUT2D eigenvalue weighted by atomic mass is 9.87. The number of fused-ring (bicyclic) bond motifs is 1. The second-order valence-electron chi connectivity index (χ2n) is 5.67. The Balaban J connectivity index is 1.47. The summed E-state index contributed by atoms with van der Waals surface area (Å²) in [7, 11) is -3.07. The molecule has 0 radical (unpaired) electrons. The van der Waals surface area contributed by atoms with Crippen molar-refractivity contribution < 1.29 is 13.2 Å². The van der Waals surface area contributed by atoms with Crippen LogP contribution in [0.5, 0.6) is 0 Å². The van der Waals surface area contributed by atoms with Crippen LogP contribution in [0.2, 0.25) is 0 Å². The highest BCUT2D eigenvalue weighted by Crippen LogP contribution is 2.23. The molecule has 1 aliphatic heterocycles. The van der Waals surface area contributed by atoms with Gasteiger partial charge in [0.15, 0.2) is 0 Å². The Hall–Kier alpha value is -1.41. The van der Waals surface area contributed by atoms with Crippen LogP contribution in [-0.4, -0.2) is 54.2 Å². The summed E-state index contributed by atoms with van der Waals surface area (Å²) < 4.78 is 24.8. The van der Waals surface area contributed by atoms with Gasteiger partial charge in [-0.15, -0.1) is 0 Å². The van der Waals surface area contributed by atoms with Crippen LogP contribution in [0.1, 0.15) is 24.1 Å². The number of H-pyrrole nitrogens is 1. The molecule has 1 aliphatic carbocycles. The highest BCUT2D eigenvalue weighted by Gasteiger charge is 2.29. The molecule has 1 unspecified atom stereocenters. The minimum absolute atomic E-state index is 0.0124. The van der Waals surface area contributed by atoms with Crippen LogP contribution >= 0.6 is 0 Å². The van der Waals surface area contributed by atoms with Crippen LogP contribution in [0.4, 0.5) is 0 Å². The Labute approximate surface area is 124 Å². The normalized spacial score (nSPS) is 24.7. The van der Waals surface area contributed by atoms with Gasteiger partial charge in [-0.2, -0.15) is 5.10 Å². The molecule has 0 bridgehead atoms. The van der Waals surface area contributed by atoms with Gasteiger partial charge in [0.2, 0.25) is 15.9 Å². The van der Waals surface area contributed by atoms with Crippen LogP contribution in [0, 0.1) is 5.92 Å². The standard InChI is InChI=1S/C13H20N4O3S/c18-13(10-2-3-12-11(8-10)9-15-16-12)14-4-6-17-5-1-7-21(17,19)20/h9-10H,1-8H2,(H,14,18)(H,15,16). The number of nitrogens with zero attached hydrogens (tertiary/aromatic N) is 2. The smallest absolute Gasteiger partial charge is 0.223 e. The fourth-order valence-corrected chi connectivity index (χ4v) is 4.56. The Bertz CT molecular complexity index is 625. The summed E-state index contributed by atoms with van der Waals surface area (Å²) in [6, 6.07) is 0. The van der Waals surface area contributed by atoms with Gasteiger partial charge in [-0.25, -0.2) is 12.7 Å². The lowest BCUT2D eigenvalue weighted by molar-refractivity contribution is -0.125. The molecule has 21 heavy (non-hydrogen) atoms. The van der Waals surface area contributed by atoms with Crippen LogP contribution in [0.25, 0.3) is 0 Å². The summed E-state index contributed by atoms with van der Waals surface area (Å²) in [5, 5.41) is 9.81. The molecule has 1 amide bonds. The van der Waals surface area contributed by atoms with E-state index in [-0.39, 0.29) is 17.6 Å². The maximum atomic E-state index is 12.2. The number of rotatable bonds is 4. The molecular formula is C13H20N4O3S. The number of aryl methyl sites for hydroxylation is 1. The van der Waals surface area contributed by atoms with Crippen molar-refractivity contribution in [3.8, 4) is 0 Å². The second kappa shape index (κ2) is 5.76. The van der Waals surface area contributed by atoms with Crippen LogP contribution < -0.4 is 5.32 Å². The first kappa shape index (κ1) is 14.5. The zero-order valence-electron chi connectivity index (χ0n) is 11.8. The topological polar surface area (TPSA) is 95.2 Å². The molecule has 1 aromatic heterocycles. The van der Waals surface area contributed by atoms with Crippen molar-refractivity contribution in [2.24, 2.45) is 5.92 Å². The largest absolute Gasteiger partial charge is 0.355 e. The van der Waals surface area contributed by atoms with E-state index >= 15 is 0 Å². The average Bonchev–Trinajstić information content (AvgIpc) is 3.04. The molecule has 1 atom stereocenters. The molecule has 3 rings (SSSR count). The van der Waals surface area contributed by atoms with E-state index in [1.54, 1.807) is 6.20 Å². The van der Waals surface area contributed by atoms with Gasteiger partial charge < -0.3 is 5.32 Å². The number of hydrogen-bond donors (Lipinski definition) is 2. The first-order valence-electron chi connectivity index (χ1n) is 7.33. The summed E-state index contributed by atoms with van der Waals surface area (Å²) in [5.74, 6) is 0.205. The zero-order chi connectivity index (χ0) is 14.9. The number of nitrogens with one attached hydrogen (secondary N) is 2. The third-order valence-electron chi connectivity index (χ3n) is 4.25. The molecule has 116 valence electrons. The molecule has 0 spiro atoms. The predicted molar refractivity (Wildman–Crippen MR) is 77.1 cm³/mol. The Morgan fingerprint density at radius 2 is 2.38 bits per heavy atom.